The highest BCUT2D eigenvalue weighted by molar-refractivity contribution is 5.15. The summed E-state index contributed by atoms with van der Waals surface area (Å²) in [5.74, 6) is 2.68. The van der Waals surface area contributed by atoms with Gasteiger partial charge in [0.1, 0.15) is 5.60 Å². The van der Waals surface area contributed by atoms with Gasteiger partial charge in [-0.05, 0) is 13.3 Å². The molecule has 1 fully saturated rings. The van der Waals surface area contributed by atoms with Crippen molar-refractivity contribution in [3.05, 3.63) is 0 Å². The molecule has 0 aromatic heterocycles. The van der Waals surface area contributed by atoms with Crippen molar-refractivity contribution < 1.29 is 5.11 Å². The number of rotatable bonds is 1. The quantitative estimate of drug-likeness (QED) is 0.595. The van der Waals surface area contributed by atoms with Gasteiger partial charge in [-0.1, -0.05) is 19.8 Å². The predicted molar refractivity (Wildman–Crippen MR) is 54.2 cm³/mol. The molecule has 0 bridgehead atoms. The molecule has 0 radical (unpaired) electrons. The van der Waals surface area contributed by atoms with Gasteiger partial charge in [0.2, 0.25) is 0 Å². The van der Waals surface area contributed by atoms with Crippen molar-refractivity contribution in [3.8, 4) is 12.3 Å². The van der Waals surface area contributed by atoms with Gasteiger partial charge in [-0.3, -0.25) is 0 Å². The van der Waals surface area contributed by atoms with Gasteiger partial charge < -0.3 is 10.4 Å². The fourth-order valence-corrected chi connectivity index (χ4v) is 2.22. The number of hydrogen-bond donors (Lipinski definition) is 2. The molecule has 2 N–H and O–H groups in total. The molecule has 1 aliphatic heterocycles. The second kappa shape index (κ2) is 3.69. The Morgan fingerprint density at radius 2 is 2.23 bits per heavy atom. The van der Waals surface area contributed by atoms with Crippen LogP contribution in [0.15, 0.2) is 0 Å². The zero-order valence-corrected chi connectivity index (χ0v) is 8.67. The highest BCUT2D eigenvalue weighted by Crippen LogP contribution is 2.31. The Hall–Kier alpha value is -0.520. The summed E-state index contributed by atoms with van der Waals surface area (Å²) in [6.45, 7) is 6.20. The molecule has 0 aromatic rings. The standard InChI is InChI=1S/C11H19NO/c1-5-10-9(4)11(13,6-2)7-8(3)12-10/h2,8-10,12-13H,5,7H2,1,3-4H3. The molecule has 4 atom stereocenters. The van der Waals surface area contributed by atoms with E-state index in [0.717, 1.165) is 6.42 Å². The van der Waals surface area contributed by atoms with Crippen molar-refractivity contribution in [2.24, 2.45) is 5.92 Å². The molecule has 1 aliphatic rings. The third kappa shape index (κ3) is 1.87. The van der Waals surface area contributed by atoms with Gasteiger partial charge in [0.15, 0.2) is 0 Å². The largest absolute Gasteiger partial charge is 0.377 e. The first-order valence-corrected chi connectivity index (χ1v) is 4.99. The first-order chi connectivity index (χ1) is 6.03. The molecule has 13 heavy (non-hydrogen) atoms. The van der Waals surface area contributed by atoms with Crippen LogP contribution in [0.1, 0.15) is 33.6 Å². The molecule has 4 unspecified atom stereocenters. The summed E-state index contributed by atoms with van der Waals surface area (Å²) in [5.41, 5.74) is -0.911. The van der Waals surface area contributed by atoms with Crippen LogP contribution in [0.25, 0.3) is 0 Å². The third-order valence-corrected chi connectivity index (χ3v) is 3.16. The summed E-state index contributed by atoms with van der Waals surface area (Å²) in [4.78, 5) is 0. The van der Waals surface area contributed by atoms with E-state index in [1.54, 1.807) is 0 Å². The van der Waals surface area contributed by atoms with Crippen LogP contribution < -0.4 is 5.32 Å². The van der Waals surface area contributed by atoms with Gasteiger partial charge in [-0.15, -0.1) is 6.42 Å². The van der Waals surface area contributed by atoms with Gasteiger partial charge in [0, 0.05) is 24.4 Å². The van der Waals surface area contributed by atoms with Crippen LogP contribution in [0, 0.1) is 18.3 Å². The van der Waals surface area contributed by atoms with E-state index in [9.17, 15) is 5.11 Å². The molecule has 1 rings (SSSR count). The minimum Gasteiger partial charge on any atom is -0.377 e. The Morgan fingerprint density at radius 3 is 2.69 bits per heavy atom. The number of aliphatic hydroxyl groups is 1. The molecule has 0 spiro atoms. The fourth-order valence-electron chi connectivity index (χ4n) is 2.22. The lowest BCUT2D eigenvalue weighted by molar-refractivity contribution is -0.0160. The summed E-state index contributed by atoms with van der Waals surface area (Å²) >= 11 is 0. The molecule has 1 saturated heterocycles. The van der Waals surface area contributed by atoms with E-state index >= 15 is 0 Å². The molecule has 74 valence electrons. The maximum absolute atomic E-state index is 10.1. The van der Waals surface area contributed by atoms with Crippen molar-refractivity contribution >= 4 is 0 Å². The van der Waals surface area contributed by atoms with Crippen LogP contribution in [0.4, 0.5) is 0 Å². The van der Waals surface area contributed by atoms with E-state index in [2.05, 4.69) is 25.1 Å². The smallest absolute Gasteiger partial charge is 0.130 e. The van der Waals surface area contributed by atoms with Gasteiger partial charge in [-0.2, -0.15) is 0 Å². The van der Waals surface area contributed by atoms with Crippen LogP contribution in [0.5, 0.6) is 0 Å². The lowest BCUT2D eigenvalue weighted by Crippen LogP contribution is -2.57. The minimum absolute atomic E-state index is 0.138. The molecular weight excluding hydrogens is 162 g/mol. The highest BCUT2D eigenvalue weighted by atomic mass is 16.3. The lowest BCUT2D eigenvalue weighted by Gasteiger charge is -2.43. The summed E-state index contributed by atoms with van der Waals surface area (Å²) in [5, 5.41) is 13.6. The summed E-state index contributed by atoms with van der Waals surface area (Å²) in [6.07, 6.45) is 7.04. The molecule has 0 aromatic carbocycles. The number of piperidine rings is 1. The first-order valence-electron chi connectivity index (χ1n) is 4.99. The maximum atomic E-state index is 10.1. The van der Waals surface area contributed by atoms with Crippen LogP contribution >= 0.6 is 0 Å². The second-order valence-electron chi connectivity index (χ2n) is 4.14. The first kappa shape index (κ1) is 10.6. The van der Waals surface area contributed by atoms with E-state index in [1.165, 1.54) is 0 Å². The zero-order valence-electron chi connectivity index (χ0n) is 8.67. The van der Waals surface area contributed by atoms with Crippen molar-refractivity contribution in [3.63, 3.8) is 0 Å². The van der Waals surface area contributed by atoms with Crippen molar-refractivity contribution in [2.45, 2.75) is 51.3 Å². The molecule has 1 heterocycles. The molecule has 2 heteroatoms. The lowest BCUT2D eigenvalue weighted by atomic mass is 9.75. The summed E-state index contributed by atoms with van der Waals surface area (Å²) in [7, 11) is 0. The molecule has 0 saturated carbocycles. The van der Waals surface area contributed by atoms with Crippen LogP contribution in [0.3, 0.4) is 0 Å². The Kier molecular flexibility index (Phi) is 3.00. The predicted octanol–water partition coefficient (Wildman–Crippen LogP) is 1.15. The minimum atomic E-state index is -0.911. The Balaban J connectivity index is 2.82. The van der Waals surface area contributed by atoms with Gasteiger partial charge in [0.05, 0.1) is 0 Å². The number of hydrogen-bond acceptors (Lipinski definition) is 2. The number of nitrogens with one attached hydrogen (secondary N) is 1. The molecule has 2 nitrogen and oxygen atoms in total. The van der Waals surface area contributed by atoms with Gasteiger partial charge in [0.25, 0.3) is 0 Å². The second-order valence-corrected chi connectivity index (χ2v) is 4.14. The highest BCUT2D eigenvalue weighted by Gasteiger charge is 2.41. The maximum Gasteiger partial charge on any atom is 0.130 e. The van der Waals surface area contributed by atoms with Crippen LogP contribution in [0.2, 0.25) is 0 Å². The van der Waals surface area contributed by atoms with Gasteiger partial charge in [-0.25, -0.2) is 0 Å². The topological polar surface area (TPSA) is 32.3 Å². The normalized spacial score (nSPS) is 45.6. The number of terminal acetylenes is 1. The van der Waals surface area contributed by atoms with E-state index in [0.29, 0.717) is 18.5 Å². The van der Waals surface area contributed by atoms with Crippen molar-refractivity contribution in [1.29, 1.82) is 0 Å². The van der Waals surface area contributed by atoms with Crippen LogP contribution in [-0.4, -0.2) is 22.8 Å². The molecule has 0 aliphatic carbocycles. The average molecular weight is 181 g/mol. The van der Waals surface area contributed by atoms with Crippen molar-refractivity contribution in [1.82, 2.24) is 5.32 Å². The fraction of sp³-hybridized carbons (Fsp3) is 0.818. The third-order valence-electron chi connectivity index (χ3n) is 3.16. The Labute approximate surface area is 80.7 Å². The monoisotopic (exact) mass is 181 g/mol. The SMILES string of the molecule is C#CC1(O)CC(C)NC(CC)C1C. The molecule has 0 amide bonds. The van der Waals surface area contributed by atoms with Crippen LogP contribution in [-0.2, 0) is 0 Å². The van der Waals surface area contributed by atoms with Gasteiger partial charge >= 0.3 is 0 Å². The van der Waals surface area contributed by atoms with Crippen molar-refractivity contribution in [2.75, 3.05) is 0 Å². The Bertz CT molecular complexity index is 221. The summed E-state index contributed by atoms with van der Waals surface area (Å²) < 4.78 is 0. The van der Waals surface area contributed by atoms with E-state index in [1.807, 2.05) is 6.92 Å². The Morgan fingerprint density at radius 1 is 1.62 bits per heavy atom. The van der Waals surface area contributed by atoms with E-state index in [-0.39, 0.29) is 5.92 Å². The average Bonchev–Trinajstić information content (AvgIpc) is 2.11. The molecular formula is C11H19NO. The van der Waals surface area contributed by atoms with E-state index < -0.39 is 5.60 Å². The summed E-state index contributed by atoms with van der Waals surface area (Å²) in [6, 6.07) is 0.645. The van der Waals surface area contributed by atoms with E-state index in [4.69, 9.17) is 6.42 Å². The zero-order chi connectivity index (χ0) is 10.1.